The molecule has 2 atom stereocenters. The van der Waals surface area contributed by atoms with Crippen LogP contribution in [0.4, 0.5) is 0 Å². The first-order chi connectivity index (χ1) is 12.8. The van der Waals surface area contributed by atoms with Gasteiger partial charge in [-0.1, -0.05) is 18.2 Å². The molecule has 7 heteroatoms. The van der Waals surface area contributed by atoms with Crippen LogP contribution in [0.5, 0.6) is 0 Å². The summed E-state index contributed by atoms with van der Waals surface area (Å²) in [4.78, 5) is 27.6. The topological polar surface area (TPSA) is 100 Å². The van der Waals surface area contributed by atoms with E-state index in [4.69, 9.17) is 0 Å². The molecule has 0 saturated heterocycles. The maximum atomic E-state index is 12.7. The normalized spacial score (nSPS) is 13.5. The first kappa shape index (κ1) is 18.7. The number of benzene rings is 1. The molecule has 0 fully saturated rings. The summed E-state index contributed by atoms with van der Waals surface area (Å²) in [5.74, 6) is -1.86. The Labute approximate surface area is 157 Å². The number of carboxylic acid groups (broad SMARTS) is 1. The van der Waals surface area contributed by atoms with Gasteiger partial charge in [0.15, 0.2) is 0 Å². The number of rotatable bonds is 6. The molecular formula is C20H24N4O3. The average molecular weight is 368 g/mol. The molecule has 2 heterocycles. The van der Waals surface area contributed by atoms with E-state index < -0.39 is 17.9 Å². The van der Waals surface area contributed by atoms with Crippen LogP contribution in [0.15, 0.2) is 30.5 Å². The van der Waals surface area contributed by atoms with Gasteiger partial charge < -0.3 is 15.4 Å². The van der Waals surface area contributed by atoms with E-state index in [1.807, 2.05) is 45.2 Å². The predicted octanol–water partition coefficient (Wildman–Crippen LogP) is 2.43. The first-order valence-corrected chi connectivity index (χ1v) is 8.87. The number of aliphatic carboxylic acids is 1. The second-order valence-corrected chi connectivity index (χ2v) is 6.89. The molecule has 1 aromatic carbocycles. The number of H-pyrrole nitrogens is 1. The number of aromatic amines is 1. The quantitative estimate of drug-likeness (QED) is 0.622. The van der Waals surface area contributed by atoms with E-state index >= 15 is 0 Å². The molecule has 0 aliphatic rings. The van der Waals surface area contributed by atoms with Gasteiger partial charge in [0.25, 0.3) is 0 Å². The van der Waals surface area contributed by atoms with Gasteiger partial charge in [0.05, 0.1) is 11.6 Å². The van der Waals surface area contributed by atoms with Gasteiger partial charge in [-0.15, -0.1) is 0 Å². The summed E-state index contributed by atoms with van der Waals surface area (Å²) >= 11 is 0. The Morgan fingerprint density at radius 1 is 1.30 bits per heavy atom. The molecule has 0 aliphatic carbocycles. The van der Waals surface area contributed by atoms with Crippen molar-refractivity contribution in [3.05, 3.63) is 53.0 Å². The SMILES string of the molecule is Cc1nn(C)c(C)c1C(C)C(=O)NC(Cc1c[nH]c2ccccc12)C(=O)O. The number of aryl methyl sites for hydroxylation is 2. The van der Waals surface area contributed by atoms with Crippen LogP contribution < -0.4 is 5.32 Å². The molecule has 3 N–H and O–H groups in total. The zero-order chi connectivity index (χ0) is 19.7. The molecule has 0 radical (unpaired) electrons. The third kappa shape index (κ3) is 3.58. The molecule has 2 unspecified atom stereocenters. The van der Waals surface area contributed by atoms with Crippen LogP contribution in [-0.2, 0) is 23.1 Å². The molecule has 2 aromatic heterocycles. The number of carboxylic acids is 1. The van der Waals surface area contributed by atoms with E-state index in [1.54, 1.807) is 17.8 Å². The largest absolute Gasteiger partial charge is 0.480 e. The second-order valence-electron chi connectivity index (χ2n) is 6.89. The van der Waals surface area contributed by atoms with Gasteiger partial charge in [-0.05, 0) is 32.4 Å². The Morgan fingerprint density at radius 2 is 2.00 bits per heavy atom. The third-order valence-corrected chi connectivity index (χ3v) is 5.10. The van der Waals surface area contributed by atoms with Crippen LogP contribution in [0, 0.1) is 13.8 Å². The molecule has 0 bridgehead atoms. The Hall–Kier alpha value is -3.09. The third-order valence-electron chi connectivity index (χ3n) is 5.10. The summed E-state index contributed by atoms with van der Waals surface area (Å²) < 4.78 is 1.73. The van der Waals surface area contributed by atoms with Gasteiger partial charge in [0.2, 0.25) is 5.91 Å². The van der Waals surface area contributed by atoms with Crippen molar-refractivity contribution in [3.63, 3.8) is 0 Å². The van der Waals surface area contributed by atoms with Crippen molar-refractivity contribution in [3.8, 4) is 0 Å². The van der Waals surface area contributed by atoms with Crippen molar-refractivity contribution in [2.24, 2.45) is 7.05 Å². The lowest BCUT2D eigenvalue weighted by atomic mass is 9.97. The van der Waals surface area contributed by atoms with E-state index in [9.17, 15) is 14.7 Å². The van der Waals surface area contributed by atoms with Gasteiger partial charge in [-0.2, -0.15) is 5.10 Å². The Bertz CT molecular complexity index is 1000. The van der Waals surface area contributed by atoms with E-state index in [-0.39, 0.29) is 12.3 Å². The Morgan fingerprint density at radius 3 is 2.63 bits per heavy atom. The minimum Gasteiger partial charge on any atom is -0.480 e. The average Bonchev–Trinajstić information content (AvgIpc) is 3.14. The van der Waals surface area contributed by atoms with Crippen molar-refractivity contribution in [2.45, 2.75) is 39.2 Å². The number of aromatic nitrogens is 3. The zero-order valence-electron chi connectivity index (χ0n) is 15.9. The summed E-state index contributed by atoms with van der Waals surface area (Å²) in [5, 5.41) is 17.6. The van der Waals surface area contributed by atoms with Crippen molar-refractivity contribution in [1.82, 2.24) is 20.1 Å². The lowest BCUT2D eigenvalue weighted by Gasteiger charge is -2.18. The minimum atomic E-state index is -1.06. The number of fused-ring (bicyclic) bond motifs is 1. The van der Waals surface area contributed by atoms with Crippen molar-refractivity contribution >= 4 is 22.8 Å². The van der Waals surface area contributed by atoms with Gasteiger partial charge in [0, 0.05) is 41.8 Å². The van der Waals surface area contributed by atoms with Gasteiger partial charge in [0.1, 0.15) is 6.04 Å². The minimum absolute atomic E-state index is 0.211. The highest BCUT2D eigenvalue weighted by molar-refractivity contribution is 5.89. The number of para-hydroxylation sites is 1. The van der Waals surface area contributed by atoms with Crippen LogP contribution in [0.1, 0.15) is 35.4 Å². The molecule has 3 rings (SSSR count). The highest BCUT2D eigenvalue weighted by Crippen LogP contribution is 2.24. The van der Waals surface area contributed by atoms with E-state index in [1.165, 1.54) is 0 Å². The van der Waals surface area contributed by atoms with Crippen molar-refractivity contribution in [2.75, 3.05) is 0 Å². The smallest absolute Gasteiger partial charge is 0.326 e. The summed E-state index contributed by atoms with van der Waals surface area (Å²) in [6, 6.07) is 6.69. The summed E-state index contributed by atoms with van der Waals surface area (Å²) in [7, 11) is 1.83. The predicted molar refractivity (Wildman–Crippen MR) is 103 cm³/mol. The summed E-state index contributed by atoms with van der Waals surface area (Å²) in [5.41, 5.74) is 4.32. The molecule has 142 valence electrons. The van der Waals surface area contributed by atoms with Gasteiger partial charge in [-0.3, -0.25) is 9.48 Å². The van der Waals surface area contributed by atoms with Crippen molar-refractivity contribution < 1.29 is 14.7 Å². The Kier molecular flexibility index (Phi) is 5.03. The molecule has 27 heavy (non-hydrogen) atoms. The fourth-order valence-electron chi connectivity index (χ4n) is 3.56. The lowest BCUT2D eigenvalue weighted by Crippen LogP contribution is -2.44. The number of amides is 1. The number of hydrogen-bond acceptors (Lipinski definition) is 3. The maximum absolute atomic E-state index is 12.7. The number of nitrogens with zero attached hydrogens (tertiary/aromatic N) is 2. The van der Waals surface area contributed by atoms with E-state index in [0.29, 0.717) is 0 Å². The van der Waals surface area contributed by atoms with E-state index in [2.05, 4.69) is 15.4 Å². The molecule has 0 spiro atoms. The number of hydrogen-bond donors (Lipinski definition) is 3. The molecule has 7 nitrogen and oxygen atoms in total. The summed E-state index contributed by atoms with van der Waals surface area (Å²) in [6.45, 7) is 5.53. The molecule has 0 aliphatic heterocycles. The fourth-order valence-corrected chi connectivity index (χ4v) is 3.56. The molecular weight excluding hydrogens is 344 g/mol. The van der Waals surface area contributed by atoms with Crippen molar-refractivity contribution in [1.29, 1.82) is 0 Å². The standard InChI is InChI=1S/C20H24N4O3/c1-11(18-12(2)23-24(4)13(18)3)19(25)22-17(20(26)27)9-14-10-21-16-8-6-5-7-15(14)16/h5-8,10-11,17,21H,9H2,1-4H3,(H,22,25)(H,26,27). The number of nitrogens with one attached hydrogen (secondary N) is 2. The highest BCUT2D eigenvalue weighted by atomic mass is 16.4. The van der Waals surface area contributed by atoms with Gasteiger partial charge in [-0.25, -0.2) is 4.79 Å². The molecule has 1 amide bonds. The van der Waals surface area contributed by atoms with E-state index in [0.717, 1.165) is 33.4 Å². The van der Waals surface area contributed by atoms with Crippen LogP contribution in [-0.4, -0.2) is 37.8 Å². The highest BCUT2D eigenvalue weighted by Gasteiger charge is 2.27. The monoisotopic (exact) mass is 368 g/mol. The Balaban J connectivity index is 1.80. The number of carbonyl (C=O) groups excluding carboxylic acids is 1. The first-order valence-electron chi connectivity index (χ1n) is 8.87. The number of carbonyl (C=O) groups is 2. The van der Waals surface area contributed by atoms with Crippen LogP contribution >= 0.6 is 0 Å². The molecule has 0 saturated carbocycles. The summed E-state index contributed by atoms with van der Waals surface area (Å²) in [6.07, 6.45) is 2.01. The lowest BCUT2D eigenvalue weighted by molar-refractivity contribution is -0.141. The molecule has 3 aromatic rings. The second kappa shape index (κ2) is 7.26. The van der Waals surface area contributed by atoms with Crippen LogP contribution in [0.2, 0.25) is 0 Å². The zero-order valence-corrected chi connectivity index (χ0v) is 15.9. The fraction of sp³-hybridized carbons (Fsp3) is 0.350. The maximum Gasteiger partial charge on any atom is 0.326 e. The van der Waals surface area contributed by atoms with Gasteiger partial charge >= 0.3 is 5.97 Å². The van der Waals surface area contributed by atoms with Crippen LogP contribution in [0.3, 0.4) is 0 Å². The van der Waals surface area contributed by atoms with Crippen LogP contribution in [0.25, 0.3) is 10.9 Å².